The highest BCUT2D eigenvalue weighted by atomic mass is 14.9. The Balaban J connectivity index is 3.22. The molecule has 0 saturated heterocycles. The van der Waals surface area contributed by atoms with Crippen LogP contribution < -0.4 is 11.1 Å². The largest absolute Gasteiger partial charge is 0.386 e. The van der Waals surface area contributed by atoms with Gasteiger partial charge in [0.1, 0.15) is 0 Å². The van der Waals surface area contributed by atoms with Crippen molar-refractivity contribution in [2.24, 2.45) is 5.73 Å². The van der Waals surface area contributed by atoms with Gasteiger partial charge in [0.05, 0.1) is 5.82 Å². The van der Waals surface area contributed by atoms with Gasteiger partial charge in [-0.1, -0.05) is 0 Å². The molecule has 0 atom stereocenters. The molecule has 0 radical (unpaired) electrons. The minimum atomic E-state index is 0.718. The minimum absolute atomic E-state index is 0.718. The van der Waals surface area contributed by atoms with Crippen molar-refractivity contribution < 1.29 is 0 Å². The Kier molecular flexibility index (Phi) is 2.29. The topological polar surface area (TPSA) is 38.0 Å². The van der Waals surface area contributed by atoms with E-state index in [4.69, 9.17) is 5.73 Å². The number of rotatable bonds is 1. The highest BCUT2D eigenvalue weighted by molar-refractivity contribution is 4.88. The number of hydrogen-bond donors (Lipinski definition) is 2. The van der Waals surface area contributed by atoms with Gasteiger partial charge in [-0.25, -0.2) is 0 Å². The van der Waals surface area contributed by atoms with Crippen LogP contribution in [0.2, 0.25) is 0 Å². The lowest BCUT2D eigenvalue weighted by atomic mass is 10.6. The van der Waals surface area contributed by atoms with Gasteiger partial charge in [0.15, 0.2) is 0 Å². The van der Waals surface area contributed by atoms with Crippen molar-refractivity contribution in [1.29, 1.82) is 0 Å². The van der Waals surface area contributed by atoms with E-state index in [-0.39, 0.29) is 0 Å². The molecular weight excluding hydrogens is 76.1 g/mol. The Bertz CT molecular complexity index is 56.6. The molecule has 0 aliphatic rings. The van der Waals surface area contributed by atoms with E-state index < -0.39 is 0 Å². The van der Waals surface area contributed by atoms with Crippen molar-refractivity contribution in [2.75, 3.05) is 7.05 Å². The van der Waals surface area contributed by atoms with E-state index in [2.05, 4.69) is 5.32 Å². The molecule has 3 N–H and O–H groups in total. The summed E-state index contributed by atoms with van der Waals surface area (Å²) in [7, 11) is 1.79. The van der Waals surface area contributed by atoms with E-state index in [0.29, 0.717) is 0 Å². The van der Waals surface area contributed by atoms with Gasteiger partial charge < -0.3 is 11.1 Å². The van der Waals surface area contributed by atoms with Crippen LogP contribution in [0.3, 0.4) is 0 Å². The summed E-state index contributed by atoms with van der Waals surface area (Å²) < 4.78 is 0. The molecule has 0 saturated carbocycles. The average molecular weight is 86.1 g/mol. The smallest absolute Gasteiger partial charge is 0.0913 e. The fourth-order valence-electron chi connectivity index (χ4n) is 0.144. The Morgan fingerprint density at radius 1 is 1.83 bits per heavy atom. The zero-order valence-corrected chi connectivity index (χ0v) is 4.15. The predicted molar refractivity (Wildman–Crippen MR) is 27.0 cm³/mol. The molecule has 2 nitrogen and oxygen atoms in total. The Labute approximate surface area is 38.0 Å². The number of nitrogens with two attached hydrogens (primary N) is 1. The van der Waals surface area contributed by atoms with Crippen molar-refractivity contribution in [3.05, 3.63) is 11.9 Å². The maximum Gasteiger partial charge on any atom is 0.0913 e. The summed E-state index contributed by atoms with van der Waals surface area (Å²) in [4.78, 5) is 0. The zero-order valence-electron chi connectivity index (χ0n) is 4.15. The van der Waals surface area contributed by atoms with Gasteiger partial charge in [-0.05, 0) is 13.0 Å². The van der Waals surface area contributed by atoms with Crippen molar-refractivity contribution in [3.8, 4) is 0 Å². The monoisotopic (exact) mass is 86.1 g/mol. The van der Waals surface area contributed by atoms with Gasteiger partial charge >= 0.3 is 0 Å². The summed E-state index contributed by atoms with van der Waals surface area (Å²) in [5.74, 6) is 0.718. The van der Waals surface area contributed by atoms with Gasteiger partial charge in [-0.2, -0.15) is 0 Å². The van der Waals surface area contributed by atoms with E-state index in [0.717, 1.165) is 5.82 Å². The molecule has 36 valence electrons. The fourth-order valence-corrected chi connectivity index (χ4v) is 0.144. The van der Waals surface area contributed by atoms with E-state index >= 15 is 0 Å². The molecule has 0 aliphatic carbocycles. The summed E-state index contributed by atoms with van der Waals surface area (Å²) in [6.07, 6.45) is 1.81. The second-order valence-corrected chi connectivity index (χ2v) is 0.994. The molecule has 0 heterocycles. The van der Waals surface area contributed by atoms with Gasteiger partial charge in [0.25, 0.3) is 0 Å². The summed E-state index contributed by atoms with van der Waals surface area (Å²) in [6, 6.07) is 0. The SMILES string of the molecule is CC=C(N)NC. The highest BCUT2D eigenvalue weighted by Gasteiger charge is 1.69. The van der Waals surface area contributed by atoms with Crippen LogP contribution in [0.5, 0.6) is 0 Å². The quantitative estimate of drug-likeness (QED) is 0.472. The lowest BCUT2D eigenvalue weighted by Crippen LogP contribution is -2.13. The normalized spacial score (nSPS) is 11.3. The van der Waals surface area contributed by atoms with E-state index in [9.17, 15) is 0 Å². The molecule has 0 rings (SSSR count). The molecule has 0 aromatic rings. The first-order valence-electron chi connectivity index (χ1n) is 1.90. The van der Waals surface area contributed by atoms with Crippen molar-refractivity contribution >= 4 is 0 Å². The summed E-state index contributed by atoms with van der Waals surface area (Å²) in [5, 5.41) is 2.75. The summed E-state index contributed by atoms with van der Waals surface area (Å²) in [6.45, 7) is 1.88. The molecule has 0 aliphatic heterocycles. The Morgan fingerprint density at radius 2 is 2.33 bits per heavy atom. The summed E-state index contributed by atoms with van der Waals surface area (Å²) >= 11 is 0. The van der Waals surface area contributed by atoms with Gasteiger partial charge in [-0.15, -0.1) is 0 Å². The van der Waals surface area contributed by atoms with Gasteiger partial charge in [0, 0.05) is 7.05 Å². The molecule has 0 aromatic heterocycles. The molecule has 6 heavy (non-hydrogen) atoms. The zero-order chi connectivity index (χ0) is 4.99. The third kappa shape index (κ3) is 1.64. The van der Waals surface area contributed by atoms with E-state index in [1.165, 1.54) is 0 Å². The highest BCUT2D eigenvalue weighted by Crippen LogP contribution is 1.66. The van der Waals surface area contributed by atoms with Crippen LogP contribution >= 0.6 is 0 Å². The van der Waals surface area contributed by atoms with Crippen LogP contribution in [-0.4, -0.2) is 7.05 Å². The summed E-state index contributed by atoms with van der Waals surface area (Å²) in [5.41, 5.74) is 5.22. The van der Waals surface area contributed by atoms with Gasteiger partial charge in [-0.3, -0.25) is 0 Å². The molecule has 0 unspecified atom stereocenters. The first kappa shape index (κ1) is 5.34. The third-order valence-electron chi connectivity index (χ3n) is 0.600. The van der Waals surface area contributed by atoms with E-state index in [1.54, 1.807) is 13.1 Å². The van der Waals surface area contributed by atoms with Crippen LogP contribution in [0.1, 0.15) is 6.92 Å². The average Bonchev–Trinajstić information content (AvgIpc) is 1.65. The van der Waals surface area contributed by atoms with Crippen LogP contribution in [0.4, 0.5) is 0 Å². The first-order chi connectivity index (χ1) is 2.81. The molecule has 2 heteroatoms. The Morgan fingerprint density at radius 3 is 2.33 bits per heavy atom. The lowest BCUT2D eigenvalue weighted by Gasteiger charge is -1.92. The molecule has 0 spiro atoms. The molecule has 0 aromatic carbocycles. The van der Waals surface area contributed by atoms with Crippen LogP contribution in [0, 0.1) is 0 Å². The van der Waals surface area contributed by atoms with Crippen LogP contribution in [-0.2, 0) is 0 Å². The predicted octanol–water partition coefficient (Wildman–Crippen LogP) is 0.0258. The Hall–Kier alpha value is -0.660. The van der Waals surface area contributed by atoms with E-state index in [1.807, 2.05) is 6.92 Å². The maximum absolute atomic E-state index is 5.22. The standard InChI is InChI=1S/C4H10N2/c1-3-4(5)6-2/h3,6H,5H2,1-2H3. The first-order valence-corrected chi connectivity index (χ1v) is 1.90. The number of nitrogens with one attached hydrogen (secondary N) is 1. The minimum Gasteiger partial charge on any atom is -0.386 e. The number of hydrogen-bond acceptors (Lipinski definition) is 2. The fraction of sp³-hybridized carbons (Fsp3) is 0.500. The second kappa shape index (κ2) is 2.57. The third-order valence-corrected chi connectivity index (χ3v) is 0.600. The molecular formula is C4H10N2. The van der Waals surface area contributed by atoms with Crippen molar-refractivity contribution in [1.82, 2.24) is 5.32 Å². The van der Waals surface area contributed by atoms with Crippen molar-refractivity contribution in [2.45, 2.75) is 6.92 Å². The maximum atomic E-state index is 5.22. The van der Waals surface area contributed by atoms with Gasteiger partial charge in [0.2, 0.25) is 0 Å². The van der Waals surface area contributed by atoms with Crippen LogP contribution in [0.25, 0.3) is 0 Å². The molecule has 0 fully saturated rings. The molecule has 0 bridgehead atoms. The number of allylic oxidation sites excluding steroid dienone is 1. The van der Waals surface area contributed by atoms with Crippen molar-refractivity contribution in [3.63, 3.8) is 0 Å². The second-order valence-electron chi connectivity index (χ2n) is 0.994. The molecule has 0 amide bonds. The lowest BCUT2D eigenvalue weighted by molar-refractivity contribution is 0.960. The van der Waals surface area contributed by atoms with Crippen LogP contribution in [0.15, 0.2) is 11.9 Å².